The maximum Gasteiger partial charge on any atom is 0.223 e. The van der Waals surface area contributed by atoms with Gasteiger partial charge in [0.05, 0.1) is 17.1 Å². The van der Waals surface area contributed by atoms with Gasteiger partial charge in [-0.2, -0.15) is 0 Å². The molecule has 0 radical (unpaired) electrons. The summed E-state index contributed by atoms with van der Waals surface area (Å²) in [4.78, 5) is 22.6. The molecule has 1 unspecified atom stereocenters. The number of amides is 1. The highest BCUT2D eigenvalue weighted by Gasteiger charge is 2.30. The molecular formula is C19H26FN5O. The molecule has 2 fully saturated rings. The van der Waals surface area contributed by atoms with Gasteiger partial charge in [0.1, 0.15) is 11.6 Å². The van der Waals surface area contributed by atoms with E-state index in [2.05, 4.69) is 20.8 Å². The van der Waals surface area contributed by atoms with Crippen LogP contribution in [-0.2, 0) is 4.79 Å². The van der Waals surface area contributed by atoms with Crippen LogP contribution in [0.2, 0.25) is 0 Å². The standard InChI is InChI=1S/C19H26FN5O/c20-14-7-8-15-16(10-14)24-19(23-15)17-5-1-2-9-25(17)18(26)6-3-4-13-11-21-22-12-13/h7-8,10,13,17,21-22H,1-6,9,11-12H2,(H,23,24). The van der Waals surface area contributed by atoms with Gasteiger partial charge in [0.15, 0.2) is 0 Å². The third-order valence-electron chi connectivity index (χ3n) is 5.51. The van der Waals surface area contributed by atoms with Crippen molar-refractivity contribution in [2.45, 2.75) is 44.6 Å². The molecule has 1 atom stereocenters. The Hall–Kier alpha value is -1.99. The third-order valence-corrected chi connectivity index (χ3v) is 5.51. The highest BCUT2D eigenvalue weighted by Crippen LogP contribution is 2.31. The number of rotatable bonds is 5. The molecule has 2 saturated heterocycles. The first-order chi connectivity index (χ1) is 12.7. The summed E-state index contributed by atoms with van der Waals surface area (Å²) in [6.45, 7) is 2.74. The van der Waals surface area contributed by atoms with Gasteiger partial charge in [0.25, 0.3) is 0 Å². The first-order valence-electron chi connectivity index (χ1n) is 9.61. The first-order valence-corrected chi connectivity index (χ1v) is 9.61. The number of hydrogen-bond acceptors (Lipinski definition) is 4. The average Bonchev–Trinajstić information content (AvgIpc) is 3.30. The van der Waals surface area contributed by atoms with Crippen molar-refractivity contribution in [3.8, 4) is 0 Å². The molecule has 26 heavy (non-hydrogen) atoms. The van der Waals surface area contributed by atoms with Gasteiger partial charge < -0.3 is 9.88 Å². The van der Waals surface area contributed by atoms with Crippen molar-refractivity contribution in [1.82, 2.24) is 25.7 Å². The maximum atomic E-state index is 13.4. The summed E-state index contributed by atoms with van der Waals surface area (Å²) in [6.07, 6.45) is 5.59. The molecular weight excluding hydrogens is 333 g/mol. The normalized spacial score (nSPS) is 21.6. The first kappa shape index (κ1) is 17.4. The average molecular weight is 359 g/mol. The second kappa shape index (κ2) is 7.72. The van der Waals surface area contributed by atoms with E-state index in [-0.39, 0.29) is 17.8 Å². The molecule has 2 aliphatic heterocycles. The Balaban J connectivity index is 1.43. The summed E-state index contributed by atoms with van der Waals surface area (Å²) < 4.78 is 13.4. The van der Waals surface area contributed by atoms with Crippen LogP contribution in [-0.4, -0.2) is 40.4 Å². The molecule has 4 rings (SSSR count). The zero-order valence-electron chi connectivity index (χ0n) is 14.9. The van der Waals surface area contributed by atoms with Gasteiger partial charge in [-0.3, -0.25) is 15.6 Å². The Morgan fingerprint density at radius 3 is 2.96 bits per heavy atom. The lowest BCUT2D eigenvalue weighted by Gasteiger charge is -2.34. The number of fused-ring (bicyclic) bond motifs is 1. The number of imidazole rings is 1. The fraction of sp³-hybridized carbons (Fsp3) is 0.579. The Bertz CT molecular complexity index is 770. The minimum absolute atomic E-state index is 0.0264. The van der Waals surface area contributed by atoms with E-state index in [1.54, 1.807) is 6.07 Å². The molecule has 0 saturated carbocycles. The van der Waals surface area contributed by atoms with Gasteiger partial charge in [-0.1, -0.05) is 0 Å². The number of carbonyl (C=O) groups excluding carboxylic acids is 1. The highest BCUT2D eigenvalue weighted by atomic mass is 19.1. The van der Waals surface area contributed by atoms with E-state index in [1.165, 1.54) is 12.1 Å². The molecule has 6 nitrogen and oxygen atoms in total. The van der Waals surface area contributed by atoms with Crippen LogP contribution in [0.4, 0.5) is 4.39 Å². The second-order valence-corrected chi connectivity index (χ2v) is 7.40. The van der Waals surface area contributed by atoms with E-state index in [4.69, 9.17) is 0 Å². The molecule has 1 amide bonds. The van der Waals surface area contributed by atoms with E-state index in [0.717, 1.165) is 63.1 Å². The minimum Gasteiger partial charge on any atom is -0.340 e. The van der Waals surface area contributed by atoms with Crippen molar-refractivity contribution in [2.24, 2.45) is 5.92 Å². The number of hydrazine groups is 1. The van der Waals surface area contributed by atoms with Gasteiger partial charge in [0.2, 0.25) is 5.91 Å². The van der Waals surface area contributed by atoms with Crippen molar-refractivity contribution < 1.29 is 9.18 Å². The molecule has 1 aromatic carbocycles. The number of nitrogens with one attached hydrogen (secondary N) is 3. The predicted molar refractivity (Wildman–Crippen MR) is 97.7 cm³/mol. The molecule has 2 aliphatic rings. The van der Waals surface area contributed by atoms with Crippen molar-refractivity contribution in [1.29, 1.82) is 0 Å². The predicted octanol–water partition coefficient (Wildman–Crippen LogP) is 2.65. The van der Waals surface area contributed by atoms with Crippen LogP contribution in [0.5, 0.6) is 0 Å². The number of hydrogen-bond donors (Lipinski definition) is 3. The zero-order valence-corrected chi connectivity index (χ0v) is 14.9. The number of piperidine rings is 1. The van der Waals surface area contributed by atoms with Gasteiger partial charge in [-0.05, 0) is 56.2 Å². The summed E-state index contributed by atoms with van der Waals surface area (Å²) in [5.41, 5.74) is 7.71. The van der Waals surface area contributed by atoms with Crippen molar-refractivity contribution in [3.63, 3.8) is 0 Å². The smallest absolute Gasteiger partial charge is 0.223 e. The van der Waals surface area contributed by atoms with Crippen LogP contribution in [0, 0.1) is 11.7 Å². The number of carbonyl (C=O) groups is 1. The Labute approximate surface area is 152 Å². The number of halogens is 1. The fourth-order valence-electron chi connectivity index (χ4n) is 4.07. The van der Waals surface area contributed by atoms with Crippen LogP contribution < -0.4 is 10.9 Å². The van der Waals surface area contributed by atoms with Gasteiger partial charge in [-0.25, -0.2) is 9.37 Å². The maximum absolute atomic E-state index is 13.4. The largest absolute Gasteiger partial charge is 0.340 e. The van der Waals surface area contributed by atoms with E-state index in [9.17, 15) is 9.18 Å². The molecule has 3 heterocycles. The number of aromatic nitrogens is 2. The summed E-state index contributed by atoms with van der Waals surface area (Å²) in [6, 6.07) is 4.54. The fourth-order valence-corrected chi connectivity index (χ4v) is 4.07. The number of nitrogens with zero attached hydrogens (tertiary/aromatic N) is 2. The van der Waals surface area contributed by atoms with Gasteiger partial charge in [0, 0.05) is 26.1 Å². The lowest BCUT2D eigenvalue weighted by atomic mass is 9.99. The van der Waals surface area contributed by atoms with Crippen LogP contribution in [0.25, 0.3) is 11.0 Å². The number of benzene rings is 1. The Kier molecular flexibility index (Phi) is 5.17. The second-order valence-electron chi connectivity index (χ2n) is 7.40. The molecule has 7 heteroatoms. The lowest BCUT2D eigenvalue weighted by Crippen LogP contribution is -2.38. The van der Waals surface area contributed by atoms with Gasteiger partial charge >= 0.3 is 0 Å². The summed E-state index contributed by atoms with van der Waals surface area (Å²) in [5, 5.41) is 0. The summed E-state index contributed by atoms with van der Waals surface area (Å²) in [5.74, 6) is 1.33. The Morgan fingerprint density at radius 2 is 2.12 bits per heavy atom. The zero-order chi connectivity index (χ0) is 17.9. The highest BCUT2D eigenvalue weighted by molar-refractivity contribution is 5.78. The van der Waals surface area contributed by atoms with Crippen molar-refractivity contribution >= 4 is 16.9 Å². The topological polar surface area (TPSA) is 73.1 Å². The number of aromatic amines is 1. The van der Waals surface area contributed by atoms with Crippen LogP contribution in [0.1, 0.15) is 50.4 Å². The molecule has 140 valence electrons. The lowest BCUT2D eigenvalue weighted by molar-refractivity contribution is -0.135. The number of likely N-dealkylation sites (tertiary alicyclic amines) is 1. The van der Waals surface area contributed by atoms with E-state index in [1.807, 2.05) is 4.90 Å². The van der Waals surface area contributed by atoms with Crippen molar-refractivity contribution in [3.05, 3.63) is 29.8 Å². The van der Waals surface area contributed by atoms with E-state index in [0.29, 0.717) is 17.9 Å². The van der Waals surface area contributed by atoms with E-state index >= 15 is 0 Å². The van der Waals surface area contributed by atoms with E-state index < -0.39 is 0 Å². The van der Waals surface area contributed by atoms with Crippen LogP contribution in [0.3, 0.4) is 0 Å². The SMILES string of the molecule is O=C(CCCC1CNNC1)N1CCCCC1c1nc2ccc(F)cc2[nH]1. The van der Waals surface area contributed by atoms with Crippen LogP contribution in [0.15, 0.2) is 18.2 Å². The van der Waals surface area contributed by atoms with Gasteiger partial charge in [-0.15, -0.1) is 0 Å². The molecule has 0 aliphatic carbocycles. The monoisotopic (exact) mass is 359 g/mol. The number of H-pyrrole nitrogens is 1. The summed E-state index contributed by atoms with van der Waals surface area (Å²) in [7, 11) is 0. The quantitative estimate of drug-likeness (QED) is 0.767. The molecule has 1 aromatic heterocycles. The molecule has 2 aromatic rings. The van der Waals surface area contributed by atoms with Crippen molar-refractivity contribution in [2.75, 3.05) is 19.6 Å². The summed E-state index contributed by atoms with van der Waals surface area (Å²) >= 11 is 0. The molecule has 0 bridgehead atoms. The third kappa shape index (κ3) is 3.73. The Morgan fingerprint density at radius 1 is 1.27 bits per heavy atom. The minimum atomic E-state index is -0.278. The van der Waals surface area contributed by atoms with Crippen LogP contribution >= 0.6 is 0 Å². The molecule has 3 N–H and O–H groups in total. The molecule has 0 spiro atoms.